The second-order valence-electron chi connectivity index (χ2n) is 7.89. The number of ether oxygens (including phenoxy) is 2. The van der Waals surface area contributed by atoms with Gasteiger partial charge in [-0.2, -0.15) is 0 Å². The molecule has 2 amide bonds. The van der Waals surface area contributed by atoms with Crippen molar-refractivity contribution in [3.05, 3.63) is 28.8 Å². The van der Waals surface area contributed by atoms with Gasteiger partial charge >= 0.3 is 6.09 Å². The molecule has 6 nitrogen and oxygen atoms in total. The van der Waals surface area contributed by atoms with Crippen LogP contribution in [0.15, 0.2) is 18.2 Å². The second kappa shape index (κ2) is 8.83. The van der Waals surface area contributed by atoms with Crippen LogP contribution in [0.3, 0.4) is 0 Å². The van der Waals surface area contributed by atoms with Crippen molar-refractivity contribution in [3.63, 3.8) is 0 Å². The van der Waals surface area contributed by atoms with Gasteiger partial charge in [-0.05, 0) is 51.8 Å². The Hall–Kier alpha value is -1.95. The molecule has 1 aromatic carbocycles. The molecule has 27 heavy (non-hydrogen) atoms. The number of methoxy groups -OCH3 is 1. The van der Waals surface area contributed by atoms with Crippen LogP contribution in [-0.4, -0.2) is 54.6 Å². The van der Waals surface area contributed by atoms with Gasteiger partial charge < -0.3 is 19.3 Å². The van der Waals surface area contributed by atoms with E-state index in [0.717, 1.165) is 5.56 Å². The van der Waals surface area contributed by atoms with Crippen molar-refractivity contribution in [2.45, 2.75) is 45.8 Å². The Labute approximate surface area is 166 Å². The highest BCUT2D eigenvalue weighted by Crippen LogP contribution is 2.26. The predicted molar refractivity (Wildman–Crippen MR) is 105 cm³/mol. The fraction of sp³-hybridized carbons (Fsp3) is 0.600. The number of carbonyl (C=O) groups is 2. The average molecular weight is 397 g/mol. The first-order valence-corrected chi connectivity index (χ1v) is 9.54. The molecule has 150 valence electrons. The van der Waals surface area contributed by atoms with Crippen LogP contribution in [0.1, 0.15) is 39.2 Å². The lowest BCUT2D eigenvalue weighted by Crippen LogP contribution is -2.45. The molecule has 1 aliphatic rings. The average Bonchev–Trinajstić information content (AvgIpc) is 2.60. The third-order valence-electron chi connectivity index (χ3n) is 4.52. The van der Waals surface area contributed by atoms with Crippen LogP contribution in [0.5, 0.6) is 5.75 Å². The molecule has 0 atom stereocenters. The van der Waals surface area contributed by atoms with E-state index in [9.17, 15) is 9.59 Å². The maximum absolute atomic E-state index is 12.8. The van der Waals surface area contributed by atoms with Gasteiger partial charge in [0.2, 0.25) is 5.91 Å². The molecule has 0 unspecified atom stereocenters. The lowest BCUT2D eigenvalue weighted by Gasteiger charge is -2.34. The van der Waals surface area contributed by atoms with Crippen LogP contribution in [-0.2, 0) is 16.1 Å². The highest BCUT2D eigenvalue weighted by atomic mass is 35.5. The first kappa shape index (κ1) is 21.4. The summed E-state index contributed by atoms with van der Waals surface area (Å²) in [6.45, 7) is 7.02. The zero-order valence-electron chi connectivity index (χ0n) is 16.8. The molecule has 1 aromatic rings. The van der Waals surface area contributed by atoms with E-state index in [4.69, 9.17) is 21.1 Å². The number of hydrogen-bond acceptors (Lipinski definition) is 4. The van der Waals surface area contributed by atoms with Crippen molar-refractivity contribution >= 4 is 23.6 Å². The highest BCUT2D eigenvalue weighted by molar-refractivity contribution is 6.30. The molecule has 1 saturated heterocycles. The molecule has 1 fully saturated rings. The van der Waals surface area contributed by atoms with E-state index in [2.05, 4.69) is 0 Å². The summed E-state index contributed by atoms with van der Waals surface area (Å²) < 4.78 is 10.8. The summed E-state index contributed by atoms with van der Waals surface area (Å²) in [5.41, 5.74) is 0.354. The number of benzene rings is 1. The number of piperidine rings is 1. The molecule has 7 heteroatoms. The number of halogens is 1. The predicted octanol–water partition coefficient (Wildman–Crippen LogP) is 3.95. The Morgan fingerprint density at radius 3 is 2.44 bits per heavy atom. The SMILES string of the molecule is COc1ccc(Cl)cc1CN(C)C(=O)C1CCN(C(=O)OC(C)(C)C)CC1. The molecule has 0 spiro atoms. The van der Waals surface area contributed by atoms with Gasteiger partial charge in [0.1, 0.15) is 11.4 Å². The van der Waals surface area contributed by atoms with Gasteiger partial charge in [-0.3, -0.25) is 4.79 Å². The van der Waals surface area contributed by atoms with E-state index < -0.39 is 5.60 Å². The van der Waals surface area contributed by atoms with Gasteiger partial charge in [0, 0.05) is 43.2 Å². The van der Waals surface area contributed by atoms with Gasteiger partial charge in [0.05, 0.1) is 7.11 Å². The zero-order chi connectivity index (χ0) is 20.2. The van der Waals surface area contributed by atoms with Gasteiger partial charge in [-0.1, -0.05) is 11.6 Å². The molecule has 1 aliphatic heterocycles. The van der Waals surface area contributed by atoms with Crippen LogP contribution >= 0.6 is 11.6 Å². The number of nitrogens with zero attached hydrogens (tertiary/aromatic N) is 2. The monoisotopic (exact) mass is 396 g/mol. The van der Waals surface area contributed by atoms with E-state index in [1.165, 1.54) is 0 Å². The molecule has 0 radical (unpaired) electrons. The lowest BCUT2D eigenvalue weighted by atomic mass is 9.95. The maximum atomic E-state index is 12.8. The standard InChI is InChI=1S/C20H29ClN2O4/c1-20(2,3)27-19(25)23-10-8-14(9-11-23)18(24)22(4)13-15-12-16(21)6-7-17(15)26-5/h6-7,12,14H,8-11,13H2,1-5H3. The van der Waals surface area contributed by atoms with Crippen LogP contribution in [0.25, 0.3) is 0 Å². The van der Waals surface area contributed by atoms with E-state index in [-0.39, 0.29) is 17.9 Å². The summed E-state index contributed by atoms with van der Waals surface area (Å²) in [4.78, 5) is 28.3. The molecule has 0 bridgehead atoms. The molecule has 1 heterocycles. The molecule has 0 saturated carbocycles. The minimum atomic E-state index is -0.514. The lowest BCUT2D eigenvalue weighted by molar-refractivity contribution is -0.136. The third kappa shape index (κ3) is 6.03. The van der Waals surface area contributed by atoms with Crippen LogP contribution in [0, 0.1) is 5.92 Å². The Bertz CT molecular complexity index is 679. The first-order chi connectivity index (χ1) is 12.6. The normalized spacial score (nSPS) is 15.4. The molecular weight excluding hydrogens is 368 g/mol. The second-order valence-corrected chi connectivity index (χ2v) is 8.33. The van der Waals surface area contributed by atoms with E-state index in [1.54, 1.807) is 36.1 Å². The van der Waals surface area contributed by atoms with E-state index in [0.29, 0.717) is 43.2 Å². The quantitative estimate of drug-likeness (QED) is 0.773. The summed E-state index contributed by atoms with van der Waals surface area (Å²) in [5, 5.41) is 0.609. The Morgan fingerprint density at radius 2 is 1.89 bits per heavy atom. The highest BCUT2D eigenvalue weighted by Gasteiger charge is 2.31. The number of likely N-dealkylation sites (tertiary alicyclic amines) is 1. The van der Waals surface area contributed by atoms with Gasteiger partial charge in [0.25, 0.3) is 0 Å². The molecular formula is C20H29ClN2O4. The number of rotatable bonds is 4. The van der Waals surface area contributed by atoms with E-state index in [1.807, 2.05) is 26.8 Å². The molecule has 2 rings (SSSR count). The van der Waals surface area contributed by atoms with Crippen molar-refractivity contribution < 1.29 is 19.1 Å². The number of amides is 2. The van der Waals surface area contributed by atoms with Gasteiger partial charge in [0.15, 0.2) is 0 Å². The van der Waals surface area contributed by atoms with Crippen molar-refractivity contribution in [2.24, 2.45) is 5.92 Å². The Kier molecular flexibility index (Phi) is 6.98. The minimum absolute atomic E-state index is 0.0702. The summed E-state index contributed by atoms with van der Waals surface area (Å²) in [7, 11) is 3.38. The van der Waals surface area contributed by atoms with Crippen molar-refractivity contribution in [2.75, 3.05) is 27.2 Å². The van der Waals surface area contributed by atoms with Crippen LogP contribution < -0.4 is 4.74 Å². The number of hydrogen-bond donors (Lipinski definition) is 0. The maximum Gasteiger partial charge on any atom is 0.410 e. The summed E-state index contributed by atoms with van der Waals surface area (Å²) in [6.07, 6.45) is 0.954. The summed E-state index contributed by atoms with van der Waals surface area (Å²) in [5.74, 6) is 0.679. The Morgan fingerprint density at radius 1 is 1.26 bits per heavy atom. The Balaban J connectivity index is 1.92. The summed E-state index contributed by atoms with van der Waals surface area (Å²) in [6, 6.07) is 5.38. The first-order valence-electron chi connectivity index (χ1n) is 9.16. The molecule has 0 aromatic heterocycles. The minimum Gasteiger partial charge on any atom is -0.496 e. The molecule has 0 aliphatic carbocycles. The van der Waals surface area contributed by atoms with Crippen molar-refractivity contribution in [1.29, 1.82) is 0 Å². The van der Waals surface area contributed by atoms with Gasteiger partial charge in [-0.15, -0.1) is 0 Å². The van der Waals surface area contributed by atoms with Crippen molar-refractivity contribution in [3.8, 4) is 5.75 Å². The zero-order valence-corrected chi connectivity index (χ0v) is 17.5. The fourth-order valence-corrected chi connectivity index (χ4v) is 3.35. The van der Waals surface area contributed by atoms with E-state index >= 15 is 0 Å². The number of carbonyl (C=O) groups excluding carboxylic acids is 2. The molecule has 0 N–H and O–H groups in total. The summed E-state index contributed by atoms with van der Waals surface area (Å²) >= 11 is 6.07. The fourth-order valence-electron chi connectivity index (χ4n) is 3.15. The smallest absolute Gasteiger partial charge is 0.410 e. The van der Waals surface area contributed by atoms with Crippen LogP contribution in [0.4, 0.5) is 4.79 Å². The van der Waals surface area contributed by atoms with Gasteiger partial charge in [-0.25, -0.2) is 4.79 Å². The largest absolute Gasteiger partial charge is 0.496 e. The van der Waals surface area contributed by atoms with Crippen LogP contribution in [0.2, 0.25) is 5.02 Å². The van der Waals surface area contributed by atoms with Crippen molar-refractivity contribution in [1.82, 2.24) is 9.80 Å². The third-order valence-corrected chi connectivity index (χ3v) is 4.76. The topological polar surface area (TPSA) is 59.1 Å².